The molecule has 2 aromatic carbocycles. The zero-order valence-corrected chi connectivity index (χ0v) is 19.2. The molecule has 14 nitrogen and oxygen atoms in total. The van der Waals surface area contributed by atoms with Gasteiger partial charge in [0.2, 0.25) is 23.2 Å². The fraction of sp³-hybridized carbons (Fsp3) is 0.304. The van der Waals surface area contributed by atoms with Gasteiger partial charge in [0.1, 0.15) is 29.3 Å². The van der Waals surface area contributed by atoms with E-state index in [1.54, 1.807) is 0 Å². The van der Waals surface area contributed by atoms with E-state index < -0.39 is 59.4 Å². The van der Waals surface area contributed by atoms with Crippen LogP contribution in [0.3, 0.4) is 0 Å². The average molecular weight is 522 g/mol. The first-order valence-corrected chi connectivity index (χ1v) is 10.6. The van der Waals surface area contributed by atoms with Crippen LogP contribution in [0.2, 0.25) is 0 Å². The Hall–Kier alpha value is -4.24. The van der Waals surface area contributed by atoms with Gasteiger partial charge in [0.05, 0.1) is 14.2 Å². The summed E-state index contributed by atoms with van der Waals surface area (Å²) in [6, 6.07) is 4.59. The molecule has 0 radical (unpaired) electrons. The van der Waals surface area contributed by atoms with Gasteiger partial charge in [0, 0.05) is 11.6 Å². The lowest BCUT2D eigenvalue weighted by atomic mass is 9.99. The second kappa shape index (κ2) is 9.67. The van der Waals surface area contributed by atoms with E-state index >= 15 is 0 Å². The number of carbonyl (C=O) groups is 1. The molecule has 5 atom stereocenters. The molecule has 1 aliphatic rings. The van der Waals surface area contributed by atoms with Crippen LogP contribution in [0.15, 0.2) is 33.5 Å². The maximum atomic E-state index is 13.1. The van der Waals surface area contributed by atoms with Gasteiger partial charge in [-0.1, -0.05) is 0 Å². The maximum absolute atomic E-state index is 13.1. The van der Waals surface area contributed by atoms with Crippen LogP contribution in [0.4, 0.5) is 0 Å². The van der Waals surface area contributed by atoms with Crippen LogP contribution in [0.25, 0.3) is 22.3 Å². The molecular formula is C23H22O14. The van der Waals surface area contributed by atoms with Gasteiger partial charge in [0.25, 0.3) is 0 Å². The molecule has 0 unspecified atom stereocenters. The van der Waals surface area contributed by atoms with E-state index in [0.717, 1.165) is 18.2 Å². The number of fused-ring (bicyclic) bond motifs is 1. The Balaban J connectivity index is 1.80. The van der Waals surface area contributed by atoms with Crippen LogP contribution in [0, 0.1) is 0 Å². The number of benzene rings is 2. The third-order valence-corrected chi connectivity index (χ3v) is 5.74. The summed E-state index contributed by atoms with van der Waals surface area (Å²) in [6.45, 7) is 0. The molecule has 1 aliphatic heterocycles. The van der Waals surface area contributed by atoms with E-state index in [9.17, 15) is 45.3 Å². The Morgan fingerprint density at radius 3 is 2.22 bits per heavy atom. The lowest BCUT2D eigenvalue weighted by molar-refractivity contribution is -0.271. The van der Waals surface area contributed by atoms with Crippen LogP contribution in [0.1, 0.15) is 0 Å². The number of phenolic OH excluding ortho intramolecular Hbond substituents is 3. The Kier molecular flexibility index (Phi) is 6.75. The second-order valence-corrected chi connectivity index (χ2v) is 7.98. The van der Waals surface area contributed by atoms with Crippen LogP contribution in [0.5, 0.6) is 34.5 Å². The first kappa shape index (κ1) is 25.8. The van der Waals surface area contributed by atoms with Gasteiger partial charge in [-0.3, -0.25) is 4.79 Å². The number of rotatable bonds is 6. The highest BCUT2D eigenvalue weighted by Gasteiger charge is 2.48. The van der Waals surface area contributed by atoms with Gasteiger partial charge in [-0.2, -0.15) is 0 Å². The standard InChI is InChI=1S/C23H22O14/c1-33-19-9(25)6-11-12(13(19)26)14(27)20(34-2)18(35-11)7-3-4-8(24)10(5-7)36-23-17(30)15(28)16(29)21(37-23)22(31)32/h3-6,15-17,21,23-26,28-30H,1-2H3,(H,31,32)/t15-,16-,17+,21-,23+/m0/s1. The number of aliphatic carboxylic acids is 1. The summed E-state index contributed by atoms with van der Waals surface area (Å²) in [5.41, 5.74) is -0.990. The van der Waals surface area contributed by atoms with Crippen molar-refractivity contribution >= 4 is 16.9 Å². The number of carboxylic acids is 1. The maximum Gasteiger partial charge on any atom is 0.335 e. The van der Waals surface area contributed by atoms with E-state index in [2.05, 4.69) is 0 Å². The van der Waals surface area contributed by atoms with Gasteiger partial charge >= 0.3 is 5.97 Å². The molecular weight excluding hydrogens is 500 g/mol. The minimum Gasteiger partial charge on any atom is -0.504 e. The van der Waals surface area contributed by atoms with Crippen LogP contribution >= 0.6 is 0 Å². The molecule has 37 heavy (non-hydrogen) atoms. The van der Waals surface area contributed by atoms with E-state index in [1.807, 2.05) is 0 Å². The summed E-state index contributed by atoms with van der Waals surface area (Å²) in [5.74, 6) is -4.65. The lowest BCUT2D eigenvalue weighted by Gasteiger charge is -2.38. The highest BCUT2D eigenvalue weighted by Crippen LogP contribution is 2.44. The first-order valence-electron chi connectivity index (χ1n) is 10.6. The van der Waals surface area contributed by atoms with Crippen molar-refractivity contribution in [2.75, 3.05) is 14.2 Å². The molecule has 0 amide bonds. The van der Waals surface area contributed by atoms with Gasteiger partial charge in [-0.15, -0.1) is 0 Å². The number of carboxylic acid groups (broad SMARTS) is 1. The molecule has 0 saturated carbocycles. The summed E-state index contributed by atoms with van der Waals surface area (Å²) < 4.78 is 26.3. The number of hydrogen-bond donors (Lipinski definition) is 7. The predicted molar refractivity (Wildman–Crippen MR) is 121 cm³/mol. The average Bonchev–Trinajstić information content (AvgIpc) is 2.85. The fourth-order valence-corrected chi connectivity index (χ4v) is 3.89. The van der Waals surface area contributed by atoms with Crippen LogP contribution in [-0.2, 0) is 9.53 Å². The third-order valence-electron chi connectivity index (χ3n) is 5.74. The molecule has 198 valence electrons. The fourth-order valence-electron chi connectivity index (χ4n) is 3.89. The van der Waals surface area contributed by atoms with Crippen molar-refractivity contribution in [3.63, 3.8) is 0 Å². The SMILES string of the molecule is COc1c(O)cc2oc(-c3ccc(O)c(O[C@@H]4O[C@H](C(=O)O)[C@@H](O)[C@H](O)[C@H]4O)c3)c(OC)c(=O)c2c1O. The molecule has 0 aliphatic carbocycles. The zero-order chi connectivity index (χ0) is 27.2. The van der Waals surface area contributed by atoms with E-state index in [-0.39, 0.29) is 39.5 Å². The number of aliphatic hydroxyl groups excluding tert-OH is 3. The topological polar surface area (TPSA) is 226 Å². The summed E-state index contributed by atoms with van der Waals surface area (Å²) in [4.78, 5) is 24.4. The number of phenols is 3. The minimum absolute atomic E-state index is 0.0686. The van der Waals surface area contributed by atoms with Crippen LogP contribution < -0.4 is 19.6 Å². The van der Waals surface area contributed by atoms with Crippen molar-refractivity contribution in [2.24, 2.45) is 0 Å². The minimum atomic E-state index is -1.95. The van der Waals surface area contributed by atoms with E-state index in [4.69, 9.17) is 23.4 Å². The number of aliphatic hydroxyl groups is 3. The summed E-state index contributed by atoms with van der Waals surface area (Å²) in [7, 11) is 2.34. The summed E-state index contributed by atoms with van der Waals surface area (Å²) in [6.07, 6.45) is -9.56. The summed E-state index contributed by atoms with van der Waals surface area (Å²) in [5, 5.41) is 69.7. The van der Waals surface area contributed by atoms with Crippen molar-refractivity contribution < 1.29 is 63.9 Å². The second-order valence-electron chi connectivity index (χ2n) is 7.98. The monoisotopic (exact) mass is 522 g/mol. The van der Waals surface area contributed by atoms with Gasteiger partial charge in [-0.25, -0.2) is 4.79 Å². The first-order chi connectivity index (χ1) is 17.5. The molecule has 0 bridgehead atoms. The Morgan fingerprint density at radius 2 is 1.59 bits per heavy atom. The molecule has 4 rings (SSSR count). The van der Waals surface area contributed by atoms with Crippen molar-refractivity contribution in [3.8, 4) is 45.8 Å². The van der Waals surface area contributed by atoms with E-state index in [1.165, 1.54) is 20.3 Å². The smallest absolute Gasteiger partial charge is 0.335 e. The molecule has 7 N–H and O–H groups in total. The normalized spacial score (nSPS) is 23.5. The lowest BCUT2D eigenvalue weighted by Crippen LogP contribution is -2.61. The van der Waals surface area contributed by atoms with Crippen molar-refractivity contribution in [1.29, 1.82) is 0 Å². The molecule has 2 heterocycles. The highest BCUT2D eigenvalue weighted by atomic mass is 16.7. The molecule has 3 aromatic rings. The third kappa shape index (κ3) is 4.31. The van der Waals surface area contributed by atoms with Crippen molar-refractivity contribution in [3.05, 3.63) is 34.5 Å². The van der Waals surface area contributed by atoms with Crippen LogP contribution in [-0.4, -0.2) is 86.6 Å². The number of ether oxygens (including phenoxy) is 4. The Labute approximate surface area is 206 Å². The quantitative estimate of drug-likeness (QED) is 0.224. The molecule has 1 fully saturated rings. The molecule has 1 aromatic heterocycles. The number of methoxy groups -OCH3 is 2. The summed E-state index contributed by atoms with van der Waals surface area (Å²) >= 11 is 0. The predicted octanol–water partition coefficient (Wildman–Crippen LogP) is -0.135. The van der Waals surface area contributed by atoms with Crippen molar-refractivity contribution in [1.82, 2.24) is 0 Å². The number of aromatic hydroxyl groups is 3. The van der Waals surface area contributed by atoms with Crippen molar-refractivity contribution in [2.45, 2.75) is 30.7 Å². The Morgan fingerprint density at radius 1 is 0.919 bits per heavy atom. The number of hydrogen-bond acceptors (Lipinski definition) is 13. The van der Waals surface area contributed by atoms with Gasteiger partial charge in [-0.05, 0) is 18.2 Å². The van der Waals surface area contributed by atoms with E-state index in [0.29, 0.717) is 0 Å². The van der Waals surface area contributed by atoms with Gasteiger partial charge in [0.15, 0.2) is 34.9 Å². The molecule has 0 spiro atoms. The Bertz CT molecular complexity index is 1410. The zero-order valence-electron chi connectivity index (χ0n) is 19.2. The largest absolute Gasteiger partial charge is 0.504 e. The molecule has 14 heteroatoms. The molecule has 1 saturated heterocycles. The van der Waals surface area contributed by atoms with Gasteiger partial charge < -0.3 is 59.1 Å². The highest BCUT2D eigenvalue weighted by molar-refractivity contribution is 5.91.